The molecule has 0 saturated carbocycles. The van der Waals surface area contributed by atoms with Crippen LogP contribution < -0.4 is 0 Å². The average Bonchev–Trinajstić information content (AvgIpc) is 3.59. The van der Waals surface area contributed by atoms with E-state index in [1.165, 1.54) is 48.6 Å². The van der Waals surface area contributed by atoms with E-state index in [-0.39, 0.29) is 0 Å². The predicted octanol–water partition coefficient (Wildman–Crippen LogP) is 13.1. The van der Waals surface area contributed by atoms with Gasteiger partial charge in [0.25, 0.3) is 0 Å². The Kier molecular flexibility index (Phi) is 7.34. The van der Waals surface area contributed by atoms with Crippen LogP contribution in [-0.2, 0) is 5.41 Å². The van der Waals surface area contributed by atoms with Crippen LogP contribution in [0.4, 0.5) is 0 Å². The molecule has 4 nitrogen and oxygen atoms in total. The first-order valence-electron chi connectivity index (χ1n) is 19.6. The zero-order chi connectivity index (χ0) is 38.2. The molecule has 3 heterocycles. The van der Waals surface area contributed by atoms with Crippen LogP contribution >= 0.6 is 11.8 Å². The van der Waals surface area contributed by atoms with Gasteiger partial charge in [-0.1, -0.05) is 194 Å². The highest BCUT2D eigenvalue weighted by Gasteiger charge is 2.50. The molecule has 1 spiro atoms. The van der Waals surface area contributed by atoms with Crippen LogP contribution in [0, 0.1) is 0 Å². The lowest BCUT2D eigenvalue weighted by Crippen LogP contribution is -2.32. The Bertz CT molecular complexity index is 3150. The lowest BCUT2D eigenvalue weighted by Gasteiger charge is -2.40. The Morgan fingerprint density at radius 3 is 1.48 bits per heavy atom. The number of aromatic nitrogens is 4. The van der Waals surface area contributed by atoms with Gasteiger partial charge in [0, 0.05) is 48.2 Å². The van der Waals surface area contributed by atoms with E-state index in [9.17, 15) is 0 Å². The van der Waals surface area contributed by atoms with Gasteiger partial charge in [-0.05, 0) is 45.5 Å². The fraction of sp³-hybridized carbons (Fsp3) is 0.0189. The standard InChI is InChI=1S/C53H32N4S/c1-4-16-33(17-5-1)48-40-30-31-44-49(58-46-27-15-14-26-43(46)53(44)41-24-12-10-22-37(41)38-23-11-13-25-42(38)53)47(40)39-29-28-36(32-45(39)54-48)52-56-50(34-18-6-2-7-19-34)55-51(57-52)35-20-8-3-9-21-35/h1-32H. The molecule has 2 aliphatic rings. The normalized spacial score (nSPS) is 13.2. The van der Waals surface area contributed by atoms with E-state index in [1.54, 1.807) is 0 Å². The van der Waals surface area contributed by atoms with E-state index in [1.807, 2.05) is 72.4 Å². The highest BCUT2D eigenvalue weighted by molar-refractivity contribution is 7.99. The second-order valence-corrected chi connectivity index (χ2v) is 16.0. The molecule has 12 rings (SSSR count). The van der Waals surface area contributed by atoms with Crippen molar-refractivity contribution in [2.45, 2.75) is 15.2 Å². The Morgan fingerprint density at radius 1 is 0.362 bits per heavy atom. The lowest BCUT2D eigenvalue weighted by atomic mass is 9.67. The summed E-state index contributed by atoms with van der Waals surface area (Å²) in [4.78, 5) is 23.1. The van der Waals surface area contributed by atoms with Crippen molar-refractivity contribution in [1.82, 2.24) is 19.9 Å². The minimum Gasteiger partial charge on any atom is -0.247 e. The number of rotatable bonds is 4. The molecule has 270 valence electrons. The van der Waals surface area contributed by atoms with E-state index in [4.69, 9.17) is 19.9 Å². The van der Waals surface area contributed by atoms with Crippen LogP contribution in [0.25, 0.3) is 78.2 Å². The van der Waals surface area contributed by atoms with Gasteiger partial charge in [0.15, 0.2) is 17.5 Å². The lowest BCUT2D eigenvalue weighted by molar-refractivity contribution is 0.726. The zero-order valence-corrected chi connectivity index (χ0v) is 32.0. The van der Waals surface area contributed by atoms with Crippen molar-refractivity contribution in [3.8, 4) is 56.5 Å². The molecular weight excluding hydrogens is 725 g/mol. The molecule has 0 bridgehead atoms. The molecule has 5 heteroatoms. The number of pyridine rings is 1. The zero-order valence-electron chi connectivity index (χ0n) is 31.2. The van der Waals surface area contributed by atoms with Crippen molar-refractivity contribution >= 4 is 33.4 Å². The van der Waals surface area contributed by atoms with Gasteiger partial charge in [0.05, 0.1) is 16.6 Å². The summed E-state index contributed by atoms with van der Waals surface area (Å²) >= 11 is 1.88. The fourth-order valence-corrected chi connectivity index (χ4v) is 10.6. The molecule has 0 N–H and O–H groups in total. The third-order valence-electron chi connectivity index (χ3n) is 11.8. The number of hydrogen-bond donors (Lipinski definition) is 0. The summed E-state index contributed by atoms with van der Waals surface area (Å²) in [6, 6.07) is 69.0. The van der Waals surface area contributed by atoms with Crippen LogP contribution in [0.3, 0.4) is 0 Å². The van der Waals surface area contributed by atoms with Gasteiger partial charge < -0.3 is 0 Å². The van der Waals surface area contributed by atoms with Crippen molar-refractivity contribution < 1.29 is 0 Å². The second kappa shape index (κ2) is 12.9. The van der Waals surface area contributed by atoms with E-state index >= 15 is 0 Å². The van der Waals surface area contributed by atoms with Crippen LogP contribution in [0.1, 0.15) is 22.3 Å². The average molecular weight is 757 g/mol. The van der Waals surface area contributed by atoms with Crippen molar-refractivity contribution in [2.24, 2.45) is 0 Å². The van der Waals surface area contributed by atoms with Gasteiger partial charge in [0.1, 0.15) is 0 Å². The highest BCUT2D eigenvalue weighted by Crippen LogP contribution is 2.63. The van der Waals surface area contributed by atoms with Crippen LogP contribution in [0.5, 0.6) is 0 Å². The largest absolute Gasteiger partial charge is 0.247 e. The topological polar surface area (TPSA) is 51.6 Å². The van der Waals surface area contributed by atoms with Gasteiger partial charge in [-0.3, -0.25) is 0 Å². The summed E-state index contributed by atoms with van der Waals surface area (Å²) in [7, 11) is 0. The van der Waals surface area contributed by atoms with E-state index in [2.05, 4.69) is 133 Å². The van der Waals surface area contributed by atoms with Crippen LogP contribution in [0.2, 0.25) is 0 Å². The number of fused-ring (bicyclic) bond motifs is 13. The number of nitrogens with zero attached hydrogens (tertiary/aromatic N) is 4. The van der Waals surface area contributed by atoms with Gasteiger partial charge in [-0.15, -0.1) is 0 Å². The molecule has 10 aromatic rings. The van der Waals surface area contributed by atoms with Crippen molar-refractivity contribution in [2.75, 3.05) is 0 Å². The molecule has 1 aliphatic heterocycles. The van der Waals surface area contributed by atoms with E-state index < -0.39 is 5.41 Å². The first-order chi connectivity index (χ1) is 28.8. The summed E-state index contributed by atoms with van der Waals surface area (Å²) in [5.74, 6) is 1.87. The Balaban J connectivity index is 1.16. The predicted molar refractivity (Wildman–Crippen MR) is 236 cm³/mol. The smallest absolute Gasteiger partial charge is 0.164 e. The summed E-state index contributed by atoms with van der Waals surface area (Å²) < 4.78 is 0. The highest BCUT2D eigenvalue weighted by atomic mass is 32.2. The summed E-state index contributed by atoms with van der Waals surface area (Å²) in [6.45, 7) is 0. The van der Waals surface area contributed by atoms with Gasteiger partial charge in [0.2, 0.25) is 0 Å². The minimum absolute atomic E-state index is 0.479. The molecule has 0 saturated heterocycles. The quantitative estimate of drug-likeness (QED) is 0.167. The monoisotopic (exact) mass is 756 g/mol. The Morgan fingerprint density at radius 2 is 0.862 bits per heavy atom. The van der Waals surface area contributed by atoms with Gasteiger partial charge >= 0.3 is 0 Å². The summed E-state index contributed by atoms with van der Waals surface area (Å²) in [5, 5.41) is 3.43. The third kappa shape index (κ3) is 4.84. The third-order valence-corrected chi connectivity index (χ3v) is 13.0. The molecule has 8 aromatic carbocycles. The minimum atomic E-state index is -0.479. The molecule has 0 atom stereocenters. The maximum absolute atomic E-state index is 5.49. The van der Waals surface area contributed by atoms with Gasteiger partial charge in [-0.25, -0.2) is 19.9 Å². The Labute approximate surface area is 340 Å². The van der Waals surface area contributed by atoms with Crippen LogP contribution in [0.15, 0.2) is 204 Å². The molecule has 2 aromatic heterocycles. The summed E-state index contributed by atoms with van der Waals surface area (Å²) in [5.41, 5.74) is 13.1. The van der Waals surface area contributed by atoms with Crippen molar-refractivity contribution in [1.29, 1.82) is 0 Å². The van der Waals surface area contributed by atoms with Crippen molar-refractivity contribution in [3.63, 3.8) is 0 Å². The molecule has 0 amide bonds. The molecule has 0 radical (unpaired) electrons. The number of benzene rings is 8. The van der Waals surface area contributed by atoms with Gasteiger partial charge in [-0.2, -0.15) is 0 Å². The summed E-state index contributed by atoms with van der Waals surface area (Å²) in [6.07, 6.45) is 0. The first kappa shape index (κ1) is 33.0. The van der Waals surface area contributed by atoms with E-state index in [0.29, 0.717) is 17.5 Å². The number of hydrogen-bond acceptors (Lipinski definition) is 5. The second-order valence-electron chi connectivity index (χ2n) is 14.9. The first-order valence-corrected chi connectivity index (χ1v) is 20.4. The molecule has 0 fully saturated rings. The van der Waals surface area contributed by atoms with Crippen LogP contribution in [-0.4, -0.2) is 19.9 Å². The van der Waals surface area contributed by atoms with Crippen molar-refractivity contribution in [3.05, 3.63) is 216 Å². The molecule has 1 aliphatic carbocycles. The molecule has 0 unspecified atom stereocenters. The Hall–Kier alpha value is -7.21. The molecule has 58 heavy (non-hydrogen) atoms. The maximum atomic E-state index is 5.49. The molecular formula is C53H32N4S. The maximum Gasteiger partial charge on any atom is 0.164 e. The SMILES string of the molecule is c1ccc(-c2nc(-c3ccccc3)nc(-c3ccc4c(c3)nc(-c3ccccc3)c3ccc5c(c34)Sc3ccccc3C53c4ccccc4-c4ccccc43)n2)cc1. The van der Waals surface area contributed by atoms with E-state index in [0.717, 1.165) is 44.2 Å². The fourth-order valence-electron chi connectivity index (χ4n) is 9.29.